The molecule has 0 aliphatic heterocycles. The maximum absolute atomic E-state index is 13.1. The number of sulfonamides is 1. The predicted molar refractivity (Wildman–Crippen MR) is 177 cm³/mol. The predicted octanol–water partition coefficient (Wildman–Crippen LogP) is 8.72. The normalized spacial score (nSPS) is 44.4. The number of rotatable bonds is 5. The van der Waals surface area contributed by atoms with Crippen molar-refractivity contribution >= 4 is 21.6 Å². The topological polar surface area (TPSA) is 83.5 Å². The Morgan fingerprint density at radius 1 is 0.932 bits per heavy atom. The van der Waals surface area contributed by atoms with E-state index >= 15 is 0 Å². The molecule has 0 aromatic heterocycles. The highest BCUT2D eigenvalue weighted by molar-refractivity contribution is 7.89. The zero-order valence-electron chi connectivity index (χ0n) is 28.3. The number of benzene rings is 1. The van der Waals surface area contributed by atoms with Gasteiger partial charge < -0.3 is 5.11 Å². The molecule has 0 radical (unpaired) electrons. The number of hydrogen-bond acceptors (Lipinski definition) is 3. The van der Waals surface area contributed by atoms with Crippen molar-refractivity contribution in [3.63, 3.8) is 0 Å². The third-order valence-electron chi connectivity index (χ3n) is 15.5. The molecule has 0 bridgehead atoms. The second-order valence-electron chi connectivity index (χ2n) is 17.1. The van der Waals surface area contributed by atoms with E-state index in [-0.39, 0.29) is 38.9 Å². The Labute approximate surface area is 266 Å². The molecule has 4 saturated carbocycles. The van der Waals surface area contributed by atoms with E-state index in [1.165, 1.54) is 18.2 Å². The van der Waals surface area contributed by atoms with Gasteiger partial charge in [-0.15, -0.1) is 0 Å². The van der Waals surface area contributed by atoms with Crippen molar-refractivity contribution in [2.24, 2.45) is 56.2 Å². The van der Waals surface area contributed by atoms with Crippen molar-refractivity contribution in [1.29, 1.82) is 0 Å². The molecular formula is C38H55NO4S. The van der Waals surface area contributed by atoms with Gasteiger partial charge in [0.15, 0.2) is 0 Å². The summed E-state index contributed by atoms with van der Waals surface area (Å²) in [4.78, 5) is 13.4. The second kappa shape index (κ2) is 9.80. The molecule has 242 valence electrons. The summed E-state index contributed by atoms with van der Waals surface area (Å²) in [5, 5.41) is 10.8. The van der Waals surface area contributed by atoms with Gasteiger partial charge in [-0.25, -0.2) is 13.1 Å². The van der Waals surface area contributed by atoms with Crippen LogP contribution in [0.4, 0.5) is 0 Å². The lowest BCUT2D eigenvalue weighted by atomic mass is 9.29. The number of allylic oxidation sites excluding steroid dienone is 3. The van der Waals surface area contributed by atoms with Crippen molar-refractivity contribution in [2.75, 3.05) is 7.05 Å². The number of carboxylic acids is 1. The van der Waals surface area contributed by atoms with E-state index < -0.39 is 21.4 Å². The van der Waals surface area contributed by atoms with Crippen molar-refractivity contribution < 1.29 is 18.3 Å². The van der Waals surface area contributed by atoms with Crippen LogP contribution in [0.5, 0.6) is 0 Å². The molecule has 5 aliphatic carbocycles. The Bertz CT molecular complexity index is 1540. The highest BCUT2D eigenvalue weighted by Gasteiger charge is 2.75. The van der Waals surface area contributed by atoms with Crippen LogP contribution in [-0.4, -0.2) is 26.5 Å². The first-order valence-electron chi connectivity index (χ1n) is 17.0. The molecule has 2 N–H and O–H groups in total. The van der Waals surface area contributed by atoms with E-state index in [0.717, 1.165) is 63.4 Å². The van der Waals surface area contributed by atoms with E-state index in [9.17, 15) is 18.3 Å². The lowest BCUT2D eigenvalue weighted by molar-refractivity contribution is -0.263. The Kier molecular flexibility index (Phi) is 7.13. The van der Waals surface area contributed by atoms with Crippen LogP contribution >= 0.6 is 0 Å². The molecule has 4 fully saturated rings. The SMILES string of the molecule is C=C(C)[C@@H]1CC[C@]2(C(=O)O)CC[C@]3(C)C(C)(CCC4[C@@]5(C)CC=C(c6cccc(S(=O)(=O)NC)c6)C(C)(C)C5CC[C@]43C)C12. The number of fused-ring (bicyclic) bond motifs is 7. The molecule has 1 aromatic carbocycles. The minimum absolute atomic E-state index is 0.0442. The standard InChI is InChI=1S/C38H55NO4S/c1-24(2)27-13-20-38(32(40)41)22-21-37(8)35(6)18-15-29-33(3,4)28(25-11-10-12-26(23-25)44(42,43)39-9)14-17-34(29,5)30(35)16-19-36(37,7)31(27)38/h10-12,14,23,27,29-31,39H,1,13,15-22H2,2-9H3,(H,40,41)/t27-,29?,30?,31?,34-,35+,36?,37-,38-/m0/s1. The second-order valence-corrected chi connectivity index (χ2v) is 19.0. The van der Waals surface area contributed by atoms with E-state index in [0.29, 0.717) is 16.7 Å². The largest absolute Gasteiger partial charge is 0.481 e. The van der Waals surface area contributed by atoms with Gasteiger partial charge in [0.25, 0.3) is 0 Å². The summed E-state index contributed by atoms with van der Waals surface area (Å²) in [6.45, 7) is 21.5. The van der Waals surface area contributed by atoms with Crippen LogP contribution in [0, 0.1) is 56.2 Å². The van der Waals surface area contributed by atoms with E-state index in [2.05, 4.69) is 71.9 Å². The van der Waals surface area contributed by atoms with Crippen molar-refractivity contribution in [2.45, 2.75) is 111 Å². The van der Waals surface area contributed by atoms with Gasteiger partial charge in [-0.05, 0) is 146 Å². The lowest BCUT2D eigenvalue weighted by Crippen LogP contribution is -2.69. The molecule has 5 aliphatic rings. The molecule has 44 heavy (non-hydrogen) atoms. The van der Waals surface area contributed by atoms with Crippen LogP contribution < -0.4 is 4.72 Å². The zero-order valence-corrected chi connectivity index (χ0v) is 29.2. The van der Waals surface area contributed by atoms with Crippen molar-refractivity contribution in [3.05, 3.63) is 48.1 Å². The van der Waals surface area contributed by atoms with Gasteiger partial charge in [-0.3, -0.25) is 4.79 Å². The first kappa shape index (κ1) is 32.0. The van der Waals surface area contributed by atoms with Crippen LogP contribution in [0.3, 0.4) is 0 Å². The Morgan fingerprint density at radius 2 is 1.59 bits per heavy atom. The molecule has 1 aromatic rings. The first-order chi connectivity index (χ1) is 20.4. The molecule has 4 unspecified atom stereocenters. The average molecular weight is 622 g/mol. The van der Waals surface area contributed by atoms with Gasteiger partial charge in [0, 0.05) is 0 Å². The van der Waals surface area contributed by atoms with Gasteiger partial charge in [0.2, 0.25) is 10.0 Å². The van der Waals surface area contributed by atoms with Gasteiger partial charge in [-0.1, -0.05) is 71.9 Å². The molecule has 6 heteroatoms. The van der Waals surface area contributed by atoms with Crippen LogP contribution in [0.1, 0.15) is 112 Å². The Balaban J connectivity index is 1.41. The zero-order chi connectivity index (χ0) is 32.3. The highest BCUT2D eigenvalue weighted by atomic mass is 32.2. The van der Waals surface area contributed by atoms with E-state index in [1.807, 2.05) is 12.1 Å². The smallest absolute Gasteiger partial charge is 0.309 e. The van der Waals surface area contributed by atoms with Crippen molar-refractivity contribution in [3.8, 4) is 0 Å². The van der Waals surface area contributed by atoms with Gasteiger partial charge in [0.05, 0.1) is 10.3 Å². The highest BCUT2D eigenvalue weighted by Crippen LogP contribution is 2.81. The quantitative estimate of drug-likeness (QED) is 0.322. The Hall–Kier alpha value is -1.92. The minimum atomic E-state index is -3.52. The molecule has 9 atom stereocenters. The number of carboxylic acid groups (broad SMARTS) is 1. The van der Waals surface area contributed by atoms with Gasteiger partial charge in [-0.2, -0.15) is 0 Å². The third kappa shape index (κ3) is 3.85. The van der Waals surface area contributed by atoms with Crippen LogP contribution in [0.25, 0.3) is 5.57 Å². The van der Waals surface area contributed by atoms with Crippen molar-refractivity contribution in [1.82, 2.24) is 4.72 Å². The van der Waals surface area contributed by atoms with Crippen LogP contribution in [-0.2, 0) is 14.8 Å². The van der Waals surface area contributed by atoms with Crippen LogP contribution in [0.15, 0.2) is 47.4 Å². The maximum atomic E-state index is 13.1. The summed E-state index contributed by atoms with van der Waals surface area (Å²) in [5.74, 6) is 0.867. The monoisotopic (exact) mass is 621 g/mol. The summed E-state index contributed by atoms with van der Waals surface area (Å²) < 4.78 is 27.8. The molecule has 6 rings (SSSR count). The third-order valence-corrected chi connectivity index (χ3v) is 16.9. The average Bonchev–Trinajstić information content (AvgIpc) is 3.37. The fraction of sp³-hybridized carbons (Fsp3) is 0.711. The van der Waals surface area contributed by atoms with Crippen LogP contribution in [0.2, 0.25) is 0 Å². The molecule has 5 nitrogen and oxygen atoms in total. The Morgan fingerprint density at radius 3 is 2.23 bits per heavy atom. The van der Waals surface area contributed by atoms with E-state index in [1.54, 1.807) is 6.07 Å². The molecular weight excluding hydrogens is 566 g/mol. The number of aliphatic carboxylic acids is 1. The number of hydrogen-bond donors (Lipinski definition) is 2. The fourth-order valence-electron chi connectivity index (χ4n) is 13.2. The summed E-state index contributed by atoms with van der Waals surface area (Å²) in [5.41, 5.74) is 2.93. The molecule has 0 amide bonds. The molecule has 0 spiro atoms. The number of nitrogens with one attached hydrogen (secondary N) is 1. The first-order valence-corrected chi connectivity index (χ1v) is 18.5. The minimum Gasteiger partial charge on any atom is -0.481 e. The summed E-state index contributed by atoms with van der Waals surface area (Å²) >= 11 is 0. The molecule has 0 heterocycles. The van der Waals surface area contributed by atoms with E-state index in [4.69, 9.17) is 0 Å². The number of carbonyl (C=O) groups is 1. The molecule has 0 saturated heterocycles. The maximum Gasteiger partial charge on any atom is 0.309 e. The fourth-order valence-corrected chi connectivity index (χ4v) is 13.9. The lowest BCUT2D eigenvalue weighted by Gasteiger charge is -2.75. The van der Waals surface area contributed by atoms with Gasteiger partial charge in [0.1, 0.15) is 0 Å². The van der Waals surface area contributed by atoms with Gasteiger partial charge >= 0.3 is 5.97 Å². The summed E-state index contributed by atoms with van der Waals surface area (Å²) in [7, 11) is -2.06. The summed E-state index contributed by atoms with van der Waals surface area (Å²) in [6, 6.07) is 7.46. The summed E-state index contributed by atoms with van der Waals surface area (Å²) in [6.07, 6.45) is 11.4.